The fourth-order valence-corrected chi connectivity index (χ4v) is 1.71. The van der Waals surface area contributed by atoms with Crippen molar-refractivity contribution in [2.24, 2.45) is 0 Å². The Labute approximate surface area is 105 Å². The summed E-state index contributed by atoms with van der Waals surface area (Å²) in [6, 6.07) is 0. The first-order chi connectivity index (χ1) is 8.16. The molecule has 1 atom stereocenters. The van der Waals surface area contributed by atoms with E-state index in [-0.39, 0.29) is 6.10 Å². The monoisotopic (exact) mass is 242 g/mol. The van der Waals surface area contributed by atoms with Crippen molar-refractivity contribution in [1.82, 2.24) is 0 Å². The Balaban J connectivity index is 3.22. The maximum Gasteiger partial charge on any atom is 0.303 e. The summed E-state index contributed by atoms with van der Waals surface area (Å²) in [5.74, 6) is -0.699. The average molecular weight is 242 g/mol. The van der Waals surface area contributed by atoms with E-state index in [0.717, 1.165) is 51.4 Å². The number of hydrogen-bond donors (Lipinski definition) is 2. The average Bonchev–Trinajstić information content (AvgIpc) is 2.27. The number of carboxylic acids is 1. The van der Waals surface area contributed by atoms with Crippen molar-refractivity contribution in [3.8, 4) is 0 Å². The smallest absolute Gasteiger partial charge is 0.303 e. The molecule has 0 bridgehead atoms. The predicted octanol–water partition coefficient (Wildman–Crippen LogP) is 3.52. The van der Waals surface area contributed by atoms with Crippen molar-refractivity contribution in [2.45, 2.75) is 70.8 Å². The zero-order chi connectivity index (χ0) is 12.9. The molecule has 100 valence electrons. The van der Waals surface area contributed by atoms with E-state index >= 15 is 0 Å². The van der Waals surface area contributed by atoms with Gasteiger partial charge in [0.1, 0.15) is 0 Å². The standard InChI is InChI=1S/C14H26O3/c1-2-10-13(15)11-8-6-4-3-5-7-9-12-14(16)17/h6,8,13,15H,2-5,7,9-12H2,1H3,(H,16,17)/b8-6-. The number of aliphatic hydroxyl groups is 1. The molecular weight excluding hydrogens is 216 g/mol. The Morgan fingerprint density at radius 2 is 1.88 bits per heavy atom. The van der Waals surface area contributed by atoms with Crippen LogP contribution in [0.2, 0.25) is 0 Å². The van der Waals surface area contributed by atoms with Crippen LogP contribution in [0.25, 0.3) is 0 Å². The van der Waals surface area contributed by atoms with Gasteiger partial charge in [0.25, 0.3) is 0 Å². The van der Waals surface area contributed by atoms with E-state index in [9.17, 15) is 9.90 Å². The first-order valence-electron chi connectivity index (χ1n) is 6.71. The topological polar surface area (TPSA) is 57.5 Å². The van der Waals surface area contributed by atoms with Crippen LogP contribution < -0.4 is 0 Å². The van der Waals surface area contributed by atoms with Gasteiger partial charge < -0.3 is 10.2 Å². The van der Waals surface area contributed by atoms with Gasteiger partial charge >= 0.3 is 5.97 Å². The fourth-order valence-electron chi connectivity index (χ4n) is 1.71. The molecule has 0 radical (unpaired) electrons. The number of carbonyl (C=O) groups is 1. The van der Waals surface area contributed by atoms with Gasteiger partial charge in [0.05, 0.1) is 6.10 Å². The highest BCUT2D eigenvalue weighted by atomic mass is 16.4. The van der Waals surface area contributed by atoms with Gasteiger partial charge in [-0.3, -0.25) is 4.79 Å². The SMILES string of the molecule is CCCC(O)C/C=C\CCCCCCC(=O)O. The van der Waals surface area contributed by atoms with Crippen LogP contribution in [-0.4, -0.2) is 22.3 Å². The summed E-state index contributed by atoms with van der Waals surface area (Å²) in [7, 11) is 0. The van der Waals surface area contributed by atoms with Crippen molar-refractivity contribution in [1.29, 1.82) is 0 Å². The number of unbranched alkanes of at least 4 members (excludes halogenated alkanes) is 4. The van der Waals surface area contributed by atoms with Crippen LogP contribution in [0.5, 0.6) is 0 Å². The summed E-state index contributed by atoms with van der Waals surface area (Å²) in [6.45, 7) is 2.07. The second-order valence-corrected chi connectivity index (χ2v) is 4.50. The minimum absolute atomic E-state index is 0.188. The Morgan fingerprint density at radius 3 is 2.53 bits per heavy atom. The Hall–Kier alpha value is -0.830. The minimum Gasteiger partial charge on any atom is -0.481 e. The molecule has 0 saturated carbocycles. The number of rotatable bonds is 11. The van der Waals surface area contributed by atoms with Gasteiger partial charge in [-0.25, -0.2) is 0 Å². The number of aliphatic hydroxyl groups excluding tert-OH is 1. The maximum atomic E-state index is 10.3. The first-order valence-corrected chi connectivity index (χ1v) is 6.71. The largest absolute Gasteiger partial charge is 0.481 e. The number of aliphatic carboxylic acids is 1. The molecule has 1 unspecified atom stereocenters. The highest BCUT2D eigenvalue weighted by Crippen LogP contribution is 2.07. The Morgan fingerprint density at radius 1 is 1.18 bits per heavy atom. The molecule has 3 nitrogen and oxygen atoms in total. The number of hydrogen-bond acceptors (Lipinski definition) is 2. The van der Waals surface area contributed by atoms with Crippen LogP contribution in [0.4, 0.5) is 0 Å². The maximum absolute atomic E-state index is 10.3. The molecule has 0 aliphatic carbocycles. The van der Waals surface area contributed by atoms with Crippen LogP contribution in [0.15, 0.2) is 12.2 Å². The van der Waals surface area contributed by atoms with Crippen molar-refractivity contribution >= 4 is 5.97 Å². The van der Waals surface area contributed by atoms with E-state index in [4.69, 9.17) is 5.11 Å². The van der Waals surface area contributed by atoms with Gasteiger partial charge in [-0.15, -0.1) is 0 Å². The molecule has 2 N–H and O–H groups in total. The lowest BCUT2D eigenvalue weighted by atomic mass is 10.1. The summed E-state index contributed by atoms with van der Waals surface area (Å²) in [5, 5.41) is 17.9. The molecule has 0 spiro atoms. The summed E-state index contributed by atoms with van der Waals surface area (Å²) < 4.78 is 0. The number of allylic oxidation sites excluding steroid dienone is 1. The van der Waals surface area contributed by atoms with Crippen molar-refractivity contribution in [3.63, 3.8) is 0 Å². The quantitative estimate of drug-likeness (QED) is 0.430. The van der Waals surface area contributed by atoms with Gasteiger partial charge in [-0.05, 0) is 32.1 Å². The molecule has 0 amide bonds. The van der Waals surface area contributed by atoms with Crippen molar-refractivity contribution in [2.75, 3.05) is 0 Å². The second kappa shape index (κ2) is 11.6. The van der Waals surface area contributed by atoms with Gasteiger partial charge in [-0.1, -0.05) is 38.3 Å². The molecule has 0 fully saturated rings. The molecule has 0 aliphatic rings. The summed E-state index contributed by atoms with van der Waals surface area (Å²) >= 11 is 0. The van der Waals surface area contributed by atoms with Gasteiger partial charge in [-0.2, -0.15) is 0 Å². The normalized spacial score (nSPS) is 13.1. The molecular formula is C14H26O3. The predicted molar refractivity (Wildman–Crippen MR) is 70.0 cm³/mol. The fraction of sp³-hybridized carbons (Fsp3) is 0.786. The first kappa shape index (κ1) is 16.2. The van der Waals surface area contributed by atoms with E-state index in [1.807, 2.05) is 0 Å². The Bertz CT molecular complexity index is 212. The van der Waals surface area contributed by atoms with Gasteiger partial charge in [0.15, 0.2) is 0 Å². The zero-order valence-electron chi connectivity index (χ0n) is 10.9. The highest BCUT2D eigenvalue weighted by Gasteiger charge is 1.98. The van der Waals surface area contributed by atoms with Crippen LogP contribution in [0.1, 0.15) is 64.7 Å². The lowest BCUT2D eigenvalue weighted by Crippen LogP contribution is -2.02. The summed E-state index contributed by atoms with van der Waals surface area (Å²) in [4.78, 5) is 10.3. The Kier molecular flexibility index (Phi) is 11.1. The third-order valence-electron chi connectivity index (χ3n) is 2.71. The van der Waals surface area contributed by atoms with Crippen molar-refractivity contribution < 1.29 is 15.0 Å². The lowest BCUT2D eigenvalue weighted by molar-refractivity contribution is -0.137. The number of carboxylic acid groups (broad SMARTS) is 1. The molecule has 0 rings (SSSR count). The molecule has 0 aromatic heterocycles. The molecule has 0 heterocycles. The van der Waals surface area contributed by atoms with Crippen molar-refractivity contribution in [3.05, 3.63) is 12.2 Å². The van der Waals surface area contributed by atoms with Crippen LogP contribution in [-0.2, 0) is 4.79 Å². The summed E-state index contributed by atoms with van der Waals surface area (Å²) in [6.07, 6.45) is 12.0. The van der Waals surface area contributed by atoms with Gasteiger partial charge in [0, 0.05) is 6.42 Å². The van der Waals surface area contributed by atoms with Crippen LogP contribution in [0, 0.1) is 0 Å². The molecule has 3 heteroatoms. The minimum atomic E-state index is -0.699. The van der Waals surface area contributed by atoms with Crippen LogP contribution in [0.3, 0.4) is 0 Å². The van der Waals surface area contributed by atoms with E-state index < -0.39 is 5.97 Å². The molecule has 0 saturated heterocycles. The molecule has 17 heavy (non-hydrogen) atoms. The summed E-state index contributed by atoms with van der Waals surface area (Å²) in [5.41, 5.74) is 0. The highest BCUT2D eigenvalue weighted by molar-refractivity contribution is 5.66. The molecule has 0 aromatic rings. The van der Waals surface area contributed by atoms with Gasteiger partial charge in [0.2, 0.25) is 0 Å². The zero-order valence-corrected chi connectivity index (χ0v) is 10.9. The third kappa shape index (κ3) is 13.1. The second-order valence-electron chi connectivity index (χ2n) is 4.50. The molecule has 0 aliphatic heterocycles. The van der Waals surface area contributed by atoms with E-state index in [0.29, 0.717) is 6.42 Å². The van der Waals surface area contributed by atoms with E-state index in [1.165, 1.54) is 0 Å². The van der Waals surface area contributed by atoms with E-state index in [2.05, 4.69) is 19.1 Å². The lowest BCUT2D eigenvalue weighted by Gasteiger charge is -2.04. The van der Waals surface area contributed by atoms with E-state index in [1.54, 1.807) is 0 Å². The third-order valence-corrected chi connectivity index (χ3v) is 2.71. The van der Waals surface area contributed by atoms with Crippen LogP contribution >= 0.6 is 0 Å². The molecule has 0 aromatic carbocycles.